The standard InChI is InChI=1S/C15H12FN3O3/c1-8-11(12-14(21)18-7-19-15(12)22-8)13(20)17-6-9-4-2-3-5-10(9)16/h2-5,7H,6H2,1H3,(H,17,20)(H,18,19,21). The molecule has 3 rings (SSSR count). The first kappa shape index (κ1) is 14.0. The van der Waals surface area contributed by atoms with E-state index in [2.05, 4.69) is 15.3 Å². The van der Waals surface area contributed by atoms with Gasteiger partial charge in [0, 0.05) is 12.1 Å². The fraction of sp³-hybridized carbons (Fsp3) is 0.133. The average Bonchev–Trinajstić information content (AvgIpc) is 2.83. The number of furan rings is 1. The molecular formula is C15H12FN3O3. The number of amides is 1. The van der Waals surface area contributed by atoms with Crippen molar-refractivity contribution in [2.24, 2.45) is 0 Å². The summed E-state index contributed by atoms with van der Waals surface area (Å²) in [5.41, 5.74) is 0.101. The van der Waals surface area contributed by atoms with Crippen LogP contribution in [0.15, 0.2) is 39.8 Å². The van der Waals surface area contributed by atoms with E-state index in [0.717, 1.165) is 0 Å². The molecule has 0 bridgehead atoms. The number of hydrogen-bond acceptors (Lipinski definition) is 4. The summed E-state index contributed by atoms with van der Waals surface area (Å²) in [6.07, 6.45) is 1.20. The Kier molecular flexibility index (Phi) is 3.46. The third kappa shape index (κ3) is 2.37. The van der Waals surface area contributed by atoms with Gasteiger partial charge in [-0.15, -0.1) is 0 Å². The summed E-state index contributed by atoms with van der Waals surface area (Å²) in [5.74, 6) is -0.640. The Morgan fingerprint density at radius 1 is 1.41 bits per heavy atom. The van der Waals surface area contributed by atoms with E-state index in [9.17, 15) is 14.0 Å². The number of nitrogens with one attached hydrogen (secondary N) is 2. The summed E-state index contributed by atoms with van der Waals surface area (Å²) < 4.78 is 18.9. The first-order valence-electron chi connectivity index (χ1n) is 6.56. The molecule has 6 nitrogen and oxygen atoms in total. The van der Waals surface area contributed by atoms with Gasteiger partial charge in [-0.3, -0.25) is 9.59 Å². The summed E-state index contributed by atoms with van der Waals surface area (Å²) in [5, 5.41) is 2.67. The molecule has 2 aromatic heterocycles. The molecule has 0 atom stereocenters. The first-order chi connectivity index (χ1) is 10.6. The third-order valence-electron chi connectivity index (χ3n) is 3.29. The second kappa shape index (κ2) is 5.44. The van der Waals surface area contributed by atoms with Crippen molar-refractivity contribution in [1.82, 2.24) is 15.3 Å². The molecule has 7 heteroatoms. The van der Waals surface area contributed by atoms with Crippen LogP contribution in [0.25, 0.3) is 11.1 Å². The van der Waals surface area contributed by atoms with E-state index in [4.69, 9.17) is 4.42 Å². The van der Waals surface area contributed by atoms with Gasteiger partial charge in [-0.05, 0) is 13.0 Å². The maximum absolute atomic E-state index is 13.5. The van der Waals surface area contributed by atoms with Crippen molar-refractivity contribution >= 4 is 17.0 Å². The number of hydrogen-bond donors (Lipinski definition) is 2. The van der Waals surface area contributed by atoms with Crippen LogP contribution in [0, 0.1) is 12.7 Å². The number of benzene rings is 1. The molecule has 1 amide bonds. The normalized spacial score (nSPS) is 10.8. The van der Waals surface area contributed by atoms with Crippen LogP contribution in [-0.4, -0.2) is 15.9 Å². The summed E-state index contributed by atoms with van der Waals surface area (Å²) in [7, 11) is 0. The molecule has 3 aromatic rings. The van der Waals surface area contributed by atoms with Crippen LogP contribution in [0.4, 0.5) is 4.39 Å². The monoisotopic (exact) mass is 301 g/mol. The van der Waals surface area contributed by atoms with Crippen molar-refractivity contribution in [3.05, 3.63) is 63.7 Å². The van der Waals surface area contributed by atoms with E-state index in [1.807, 2.05) is 0 Å². The van der Waals surface area contributed by atoms with Crippen LogP contribution in [0.3, 0.4) is 0 Å². The van der Waals surface area contributed by atoms with E-state index in [1.165, 1.54) is 12.4 Å². The molecule has 0 aliphatic rings. The molecule has 0 aliphatic heterocycles. The first-order valence-corrected chi connectivity index (χ1v) is 6.56. The predicted molar refractivity (Wildman–Crippen MR) is 76.9 cm³/mol. The van der Waals surface area contributed by atoms with Gasteiger partial charge in [-0.2, -0.15) is 0 Å². The highest BCUT2D eigenvalue weighted by atomic mass is 19.1. The van der Waals surface area contributed by atoms with Crippen molar-refractivity contribution < 1.29 is 13.6 Å². The maximum atomic E-state index is 13.5. The SMILES string of the molecule is Cc1oc2nc[nH]c(=O)c2c1C(=O)NCc1ccccc1F. The van der Waals surface area contributed by atoms with E-state index < -0.39 is 17.3 Å². The lowest BCUT2D eigenvalue weighted by Crippen LogP contribution is -2.25. The molecule has 0 radical (unpaired) electrons. The van der Waals surface area contributed by atoms with Crippen LogP contribution in [0.1, 0.15) is 21.7 Å². The second-order valence-electron chi connectivity index (χ2n) is 4.72. The van der Waals surface area contributed by atoms with E-state index >= 15 is 0 Å². The number of aryl methyl sites for hydroxylation is 1. The quantitative estimate of drug-likeness (QED) is 0.773. The lowest BCUT2D eigenvalue weighted by Gasteiger charge is -2.05. The number of H-pyrrole nitrogens is 1. The van der Waals surface area contributed by atoms with Crippen molar-refractivity contribution in [2.75, 3.05) is 0 Å². The number of aromatic nitrogens is 2. The molecule has 0 saturated heterocycles. The van der Waals surface area contributed by atoms with Crippen LogP contribution in [0.2, 0.25) is 0 Å². The van der Waals surface area contributed by atoms with E-state index in [0.29, 0.717) is 5.56 Å². The summed E-state index contributed by atoms with van der Waals surface area (Å²) in [4.78, 5) is 30.4. The summed E-state index contributed by atoms with van der Waals surface area (Å²) in [6.45, 7) is 1.58. The zero-order valence-corrected chi connectivity index (χ0v) is 11.6. The van der Waals surface area contributed by atoms with Crippen LogP contribution < -0.4 is 10.9 Å². The van der Waals surface area contributed by atoms with Gasteiger partial charge in [0.15, 0.2) is 0 Å². The minimum atomic E-state index is -0.516. The largest absolute Gasteiger partial charge is 0.442 e. The highest BCUT2D eigenvalue weighted by molar-refractivity contribution is 6.06. The summed E-state index contributed by atoms with van der Waals surface area (Å²) in [6, 6.07) is 6.14. The van der Waals surface area contributed by atoms with Gasteiger partial charge >= 0.3 is 0 Å². The van der Waals surface area contributed by atoms with Gasteiger partial charge in [-0.1, -0.05) is 18.2 Å². The molecule has 0 saturated carbocycles. The topological polar surface area (TPSA) is 88.0 Å². The Morgan fingerprint density at radius 3 is 2.95 bits per heavy atom. The zero-order valence-electron chi connectivity index (χ0n) is 11.6. The van der Waals surface area contributed by atoms with Gasteiger partial charge in [-0.25, -0.2) is 9.37 Å². The smallest absolute Gasteiger partial charge is 0.262 e. The number of aromatic amines is 1. The molecule has 2 heterocycles. The number of fused-ring (bicyclic) bond motifs is 1. The number of nitrogens with zero attached hydrogens (tertiary/aromatic N) is 1. The number of carbonyl (C=O) groups excluding carboxylic acids is 1. The van der Waals surface area contributed by atoms with Crippen molar-refractivity contribution in [1.29, 1.82) is 0 Å². The third-order valence-corrected chi connectivity index (χ3v) is 3.29. The van der Waals surface area contributed by atoms with Gasteiger partial charge in [0.05, 0.1) is 11.9 Å². The zero-order chi connectivity index (χ0) is 15.7. The molecule has 0 spiro atoms. The Hall–Kier alpha value is -2.96. The number of rotatable bonds is 3. The lowest BCUT2D eigenvalue weighted by atomic mass is 10.1. The molecule has 22 heavy (non-hydrogen) atoms. The molecule has 1 aromatic carbocycles. The van der Waals surface area contributed by atoms with Gasteiger partial charge in [0.25, 0.3) is 11.5 Å². The lowest BCUT2D eigenvalue weighted by molar-refractivity contribution is 0.0950. The molecule has 112 valence electrons. The summed E-state index contributed by atoms with van der Waals surface area (Å²) >= 11 is 0. The average molecular weight is 301 g/mol. The fourth-order valence-electron chi connectivity index (χ4n) is 2.23. The second-order valence-corrected chi connectivity index (χ2v) is 4.72. The Morgan fingerprint density at radius 2 is 2.18 bits per heavy atom. The van der Waals surface area contributed by atoms with E-state index in [-0.39, 0.29) is 29.0 Å². The molecular weight excluding hydrogens is 289 g/mol. The van der Waals surface area contributed by atoms with Crippen LogP contribution in [0.5, 0.6) is 0 Å². The van der Waals surface area contributed by atoms with Crippen molar-refractivity contribution in [3.8, 4) is 0 Å². The minimum Gasteiger partial charge on any atom is -0.442 e. The van der Waals surface area contributed by atoms with E-state index in [1.54, 1.807) is 25.1 Å². The molecule has 0 aliphatic carbocycles. The fourth-order valence-corrected chi connectivity index (χ4v) is 2.23. The van der Waals surface area contributed by atoms with Gasteiger partial charge < -0.3 is 14.7 Å². The Balaban J connectivity index is 1.92. The molecule has 2 N–H and O–H groups in total. The predicted octanol–water partition coefficient (Wildman–Crippen LogP) is 1.89. The Bertz CT molecular complexity index is 914. The highest BCUT2D eigenvalue weighted by Gasteiger charge is 2.21. The van der Waals surface area contributed by atoms with Gasteiger partial charge in [0.2, 0.25) is 5.71 Å². The van der Waals surface area contributed by atoms with Crippen LogP contribution >= 0.6 is 0 Å². The van der Waals surface area contributed by atoms with Gasteiger partial charge in [0.1, 0.15) is 17.0 Å². The van der Waals surface area contributed by atoms with Crippen molar-refractivity contribution in [3.63, 3.8) is 0 Å². The number of halogens is 1. The minimum absolute atomic E-state index is 0.00971. The maximum Gasteiger partial charge on any atom is 0.262 e. The molecule has 0 fully saturated rings. The van der Waals surface area contributed by atoms with Crippen LogP contribution in [-0.2, 0) is 6.54 Å². The molecule has 0 unspecified atom stereocenters. The van der Waals surface area contributed by atoms with Crippen molar-refractivity contribution in [2.45, 2.75) is 13.5 Å². The highest BCUT2D eigenvalue weighted by Crippen LogP contribution is 2.20. The Labute approximate surface area is 124 Å². The number of carbonyl (C=O) groups is 1.